The summed E-state index contributed by atoms with van der Waals surface area (Å²) in [4.78, 5) is 14.4. The molecule has 1 aromatic carbocycles. The van der Waals surface area contributed by atoms with Crippen molar-refractivity contribution in [3.63, 3.8) is 0 Å². The van der Waals surface area contributed by atoms with Crippen LogP contribution < -0.4 is 11.1 Å². The monoisotopic (exact) mass is 455 g/mol. The van der Waals surface area contributed by atoms with E-state index in [-0.39, 0.29) is 29.0 Å². The zero-order valence-electron chi connectivity index (χ0n) is 20.1. The van der Waals surface area contributed by atoms with Crippen LogP contribution in [0.5, 0.6) is 0 Å². The Hall–Kier alpha value is -2.90. The van der Waals surface area contributed by atoms with Gasteiger partial charge in [0, 0.05) is 22.6 Å². The minimum absolute atomic E-state index is 0.0285. The highest BCUT2D eigenvalue weighted by molar-refractivity contribution is 5.97. The number of aliphatic hydroxyl groups is 1. The topological polar surface area (TPSA) is 87.8 Å². The first-order valence-corrected chi connectivity index (χ1v) is 11.2. The number of ether oxygens (including phenoxy) is 1. The molecule has 0 saturated heterocycles. The molecule has 6 nitrogen and oxygen atoms in total. The van der Waals surface area contributed by atoms with Crippen LogP contribution in [0.1, 0.15) is 50.0 Å². The third-order valence-corrected chi connectivity index (χ3v) is 6.15. The molecule has 0 radical (unpaired) electrons. The molecular formula is C26H34FN3O3. The molecule has 4 N–H and O–H groups in total. The van der Waals surface area contributed by atoms with E-state index in [1.54, 1.807) is 24.4 Å². The number of dihydropyridines is 1. The van der Waals surface area contributed by atoms with Gasteiger partial charge >= 0.3 is 0 Å². The molecule has 7 heteroatoms. The van der Waals surface area contributed by atoms with Gasteiger partial charge in [0.15, 0.2) is 5.78 Å². The van der Waals surface area contributed by atoms with Crippen molar-refractivity contribution in [3.05, 3.63) is 76.6 Å². The Balaban J connectivity index is 1.95. The summed E-state index contributed by atoms with van der Waals surface area (Å²) in [6, 6.07) is 6.08. The van der Waals surface area contributed by atoms with E-state index in [1.807, 2.05) is 51.1 Å². The Labute approximate surface area is 195 Å². The molecule has 3 unspecified atom stereocenters. The lowest BCUT2D eigenvalue weighted by molar-refractivity contribution is 0.0469. The smallest absolute Gasteiger partial charge is 0.165 e. The maximum absolute atomic E-state index is 15.2. The molecule has 33 heavy (non-hydrogen) atoms. The largest absolute Gasteiger partial charge is 0.457 e. The van der Waals surface area contributed by atoms with Gasteiger partial charge in [-0.05, 0) is 52.7 Å². The van der Waals surface area contributed by atoms with E-state index in [0.717, 1.165) is 12.0 Å². The van der Waals surface area contributed by atoms with Gasteiger partial charge in [0.2, 0.25) is 0 Å². The fourth-order valence-electron chi connectivity index (χ4n) is 3.85. The Morgan fingerprint density at radius 2 is 1.94 bits per heavy atom. The maximum atomic E-state index is 15.2. The number of allylic oxidation sites excluding steroid dienone is 1. The van der Waals surface area contributed by atoms with Crippen molar-refractivity contribution in [2.45, 2.75) is 51.8 Å². The number of ketones is 1. The summed E-state index contributed by atoms with van der Waals surface area (Å²) in [7, 11) is 3.77. The van der Waals surface area contributed by atoms with Gasteiger partial charge in [-0.1, -0.05) is 38.1 Å². The number of nitrogens with zero attached hydrogens (tertiary/aromatic N) is 1. The molecule has 0 aromatic heterocycles. The highest BCUT2D eigenvalue weighted by atomic mass is 19.1. The predicted octanol–water partition coefficient (Wildman–Crippen LogP) is 3.87. The van der Waals surface area contributed by atoms with E-state index in [9.17, 15) is 9.90 Å². The number of nitrogens with two attached hydrogens (primary N) is 1. The first kappa shape index (κ1) is 24.7. The molecule has 0 aliphatic carbocycles. The number of hydrogen-bond acceptors (Lipinski definition) is 6. The van der Waals surface area contributed by atoms with Crippen molar-refractivity contribution >= 4 is 11.5 Å². The minimum Gasteiger partial charge on any atom is -0.457 e. The molecular weight excluding hydrogens is 421 g/mol. The molecule has 0 bridgehead atoms. The van der Waals surface area contributed by atoms with E-state index in [1.165, 1.54) is 13.8 Å². The minimum atomic E-state index is -1.32. The summed E-state index contributed by atoms with van der Waals surface area (Å²) < 4.78 is 21.4. The Morgan fingerprint density at radius 3 is 2.48 bits per heavy atom. The van der Waals surface area contributed by atoms with Gasteiger partial charge in [0.05, 0.1) is 17.3 Å². The molecule has 178 valence electrons. The van der Waals surface area contributed by atoms with Gasteiger partial charge in [0.1, 0.15) is 23.4 Å². The van der Waals surface area contributed by atoms with Crippen molar-refractivity contribution in [2.24, 2.45) is 11.7 Å². The van der Waals surface area contributed by atoms with Crippen LogP contribution >= 0.6 is 0 Å². The van der Waals surface area contributed by atoms with E-state index in [2.05, 4.69) is 5.32 Å². The van der Waals surface area contributed by atoms with Gasteiger partial charge in [-0.25, -0.2) is 4.39 Å². The maximum Gasteiger partial charge on any atom is 0.165 e. The van der Waals surface area contributed by atoms with Crippen LogP contribution in [-0.2, 0) is 4.74 Å². The first-order chi connectivity index (χ1) is 15.5. The summed E-state index contributed by atoms with van der Waals surface area (Å²) in [6.07, 6.45) is 5.83. The van der Waals surface area contributed by atoms with E-state index < -0.39 is 17.5 Å². The lowest BCUT2D eigenvalue weighted by atomic mass is 9.92. The molecule has 0 fully saturated rings. The molecule has 1 aromatic rings. The summed E-state index contributed by atoms with van der Waals surface area (Å²) in [5.74, 6) is 0.549. The van der Waals surface area contributed by atoms with Crippen LogP contribution in [0.3, 0.4) is 0 Å². The number of hydrogen-bond donors (Lipinski definition) is 3. The van der Waals surface area contributed by atoms with Crippen molar-refractivity contribution in [3.8, 4) is 0 Å². The predicted molar refractivity (Wildman–Crippen MR) is 128 cm³/mol. The van der Waals surface area contributed by atoms with Crippen molar-refractivity contribution in [1.29, 1.82) is 0 Å². The number of carbonyl (C=O) groups excluding carboxylic acids is 1. The summed E-state index contributed by atoms with van der Waals surface area (Å²) in [5.41, 5.74) is 6.93. The quantitative estimate of drug-likeness (QED) is 0.541. The second-order valence-electron chi connectivity index (χ2n) is 9.42. The molecule has 2 aliphatic heterocycles. The summed E-state index contributed by atoms with van der Waals surface area (Å²) in [6.45, 7) is 6.99. The number of rotatable bonds is 7. The summed E-state index contributed by atoms with van der Waals surface area (Å²) in [5, 5.41) is 13.2. The SMILES string of the molecule is CCC(C)C(=O)c1ccc(C2=CC(N(C)C)/C(=C(\N)C3=C(F)C(C(C)(C)O)NC=C3)O2)cc1. The van der Waals surface area contributed by atoms with E-state index in [0.29, 0.717) is 17.1 Å². The van der Waals surface area contributed by atoms with Gasteiger partial charge in [-0.2, -0.15) is 0 Å². The average molecular weight is 456 g/mol. The highest BCUT2D eigenvalue weighted by Crippen LogP contribution is 2.36. The third kappa shape index (κ3) is 5.04. The lowest BCUT2D eigenvalue weighted by Gasteiger charge is -2.32. The van der Waals surface area contributed by atoms with Gasteiger partial charge in [0.25, 0.3) is 0 Å². The average Bonchev–Trinajstić information content (AvgIpc) is 3.23. The standard InChI is InChI=1S/C26H34FN3O3/c1-7-15(2)23(31)17-10-8-16(9-11-17)20-14-19(30(5)6)24(33-20)22(28)18-12-13-29-25(21(18)27)26(3,4)32/h8-15,19,25,29,32H,7,28H2,1-6H3/b24-22+. The van der Waals surface area contributed by atoms with Gasteiger partial charge < -0.3 is 20.9 Å². The number of benzene rings is 1. The van der Waals surface area contributed by atoms with Crippen LogP contribution in [0, 0.1) is 5.92 Å². The van der Waals surface area contributed by atoms with Gasteiger partial charge in [-0.15, -0.1) is 0 Å². The van der Waals surface area contributed by atoms with Crippen LogP contribution in [0.4, 0.5) is 4.39 Å². The number of halogens is 1. The van der Waals surface area contributed by atoms with Crippen LogP contribution in [0.15, 0.2) is 65.5 Å². The Kier molecular flexibility index (Phi) is 7.14. The highest BCUT2D eigenvalue weighted by Gasteiger charge is 2.36. The molecule has 2 aliphatic rings. The van der Waals surface area contributed by atoms with Gasteiger partial charge in [-0.3, -0.25) is 9.69 Å². The van der Waals surface area contributed by atoms with Crippen LogP contribution in [0.2, 0.25) is 0 Å². The third-order valence-electron chi connectivity index (χ3n) is 6.15. The van der Waals surface area contributed by atoms with Crippen molar-refractivity contribution < 1.29 is 19.0 Å². The molecule has 3 rings (SSSR count). The zero-order chi connectivity index (χ0) is 24.5. The zero-order valence-corrected chi connectivity index (χ0v) is 20.1. The van der Waals surface area contributed by atoms with E-state index >= 15 is 4.39 Å². The van der Waals surface area contributed by atoms with Crippen molar-refractivity contribution in [2.75, 3.05) is 14.1 Å². The Morgan fingerprint density at radius 1 is 1.30 bits per heavy atom. The number of nitrogens with one attached hydrogen (secondary N) is 1. The molecule has 0 amide bonds. The fraction of sp³-hybridized carbons (Fsp3) is 0.423. The molecule has 0 saturated carbocycles. The Bertz CT molecular complexity index is 1030. The summed E-state index contributed by atoms with van der Waals surface area (Å²) >= 11 is 0. The first-order valence-electron chi connectivity index (χ1n) is 11.2. The van der Waals surface area contributed by atoms with Crippen LogP contribution in [0.25, 0.3) is 5.76 Å². The molecule has 3 atom stereocenters. The van der Waals surface area contributed by atoms with E-state index in [4.69, 9.17) is 10.5 Å². The second-order valence-corrected chi connectivity index (χ2v) is 9.42. The lowest BCUT2D eigenvalue weighted by Crippen LogP contribution is -2.47. The molecule has 0 spiro atoms. The normalized spacial score (nSPS) is 23.2. The van der Waals surface area contributed by atoms with Crippen LogP contribution in [-0.4, -0.2) is 47.6 Å². The van der Waals surface area contributed by atoms with Crippen molar-refractivity contribution in [1.82, 2.24) is 10.2 Å². The molecule has 2 heterocycles. The number of Topliss-reactive ketones (excluding diaryl/α,β-unsaturated/α-hetero) is 1. The fourth-order valence-corrected chi connectivity index (χ4v) is 3.85. The number of carbonyl (C=O) groups is 1. The number of likely N-dealkylation sites (N-methyl/N-ethyl adjacent to an activating group) is 1. The second kappa shape index (κ2) is 9.53.